The highest BCUT2D eigenvalue weighted by molar-refractivity contribution is 6.36. The average Bonchev–Trinajstić information content (AvgIpc) is 2.75. The molecule has 7 heteroatoms. The average molecular weight is 395 g/mol. The van der Waals surface area contributed by atoms with Crippen molar-refractivity contribution in [3.05, 3.63) is 65.1 Å². The number of hydrogen-bond acceptors (Lipinski definition) is 5. The van der Waals surface area contributed by atoms with Gasteiger partial charge in [0.1, 0.15) is 12.0 Å². The second-order valence-electron chi connectivity index (χ2n) is 6.63. The SMILES string of the molecule is O=CCc1cc(Cl)c2cccnc2c1N1CCN(C(=O)c2ccccn2)CC1. The van der Waals surface area contributed by atoms with Crippen molar-refractivity contribution >= 4 is 40.4 Å². The highest BCUT2D eigenvalue weighted by atomic mass is 35.5. The molecule has 1 fully saturated rings. The standard InChI is InChI=1S/C21H19ClN4O2/c22-17-14-15(6-13-27)20(19-16(17)4-3-8-24-19)25-9-11-26(12-10-25)21(28)18-5-1-2-7-23-18/h1-5,7-8,13-14H,6,9-12H2. The molecule has 4 rings (SSSR count). The van der Waals surface area contributed by atoms with Gasteiger partial charge in [-0.15, -0.1) is 0 Å². The Morgan fingerprint density at radius 3 is 2.57 bits per heavy atom. The molecule has 3 aromatic rings. The number of piperazine rings is 1. The van der Waals surface area contributed by atoms with Gasteiger partial charge in [-0.2, -0.15) is 0 Å². The van der Waals surface area contributed by atoms with E-state index >= 15 is 0 Å². The van der Waals surface area contributed by atoms with Crippen LogP contribution in [0.5, 0.6) is 0 Å². The third-order valence-corrected chi connectivity index (χ3v) is 5.28. The molecule has 0 bridgehead atoms. The van der Waals surface area contributed by atoms with Crippen molar-refractivity contribution in [1.29, 1.82) is 0 Å². The first kappa shape index (κ1) is 18.4. The molecule has 1 saturated heterocycles. The topological polar surface area (TPSA) is 66.4 Å². The van der Waals surface area contributed by atoms with E-state index in [0.29, 0.717) is 36.9 Å². The van der Waals surface area contributed by atoms with Crippen molar-refractivity contribution in [1.82, 2.24) is 14.9 Å². The summed E-state index contributed by atoms with van der Waals surface area (Å²) >= 11 is 6.41. The first-order valence-electron chi connectivity index (χ1n) is 9.14. The van der Waals surface area contributed by atoms with E-state index in [1.54, 1.807) is 24.5 Å². The summed E-state index contributed by atoms with van der Waals surface area (Å²) in [6.07, 6.45) is 4.51. The number of aldehydes is 1. The lowest BCUT2D eigenvalue weighted by Crippen LogP contribution is -2.49. The molecule has 6 nitrogen and oxygen atoms in total. The summed E-state index contributed by atoms with van der Waals surface area (Å²) in [6, 6.07) is 11.0. The van der Waals surface area contributed by atoms with Crippen LogP contribution >= 0.6 is 11.6 Å². The molecule has 0 atom stereocenters. The number of rotatable bonds is 4. The zero-order chi connectivity index (χ0) is 19.5. The van der Waals surface area contributed by atoms with Crippen LogP contribution in [-0.2, 0) is 11.2 Å². The minimum atomic E-state index is -0.0625. The Labute approximate surface area is 167 Å². The van der Waals surface area contributed by atoms with Gasteiger partial charge in [0.2, 0.25) is 0 Å². The summed E-state index contributed by atoms with van der Waals surface area (Å²) in [6.45, 7) is 2.45. The minimum absolute atomic E-state index is 0.0625. The molecule has 1 aliphatic heterocycles. The minimum Gasteiger partial charge on any atom is -0.366 e. The van der Waals surface area contributed by atoms with Gasteiger partial charge in [0.15, 0.2) is 0 Å². The van der Waals surface area contributed by atoms with E-state index in [1.165, 1.54) is 0 Å². The molecular weight excluding hydrogens is 376 g/mol. The molecular formula is C21H19ClN4O2. The van der Waals surface area contributed by atoms with E-state index in [4.69, 9.17) is 11.6 Å². The fourth-order valence-corrected chi connectivity index (χ4v) is 3.90. The van der Waals surface area contributed by atoms with Crippen molar-refractivity contribution in [2.75, 3.05) is 31.1 Å². The molecule has 28 heavy (non-hydrogen) atoms. The van der Waals surface area contributed by atoms with Crippen LogP contribution in [0.4, 0.5) is 5.69 Å². The van der Waals surface area contributed by atoms with Gasteiger partial charge in [-0.1, -0.05) is 17.7 Å². The van der Waals surface area contributed by atoms with Crippen LogP contribution < -0.4 is 4.90 Å². The lowest BCUT2D eigenvalue weighted by molar-refractivity contribution is -0.107. The first-order valence-corrected chi connectivity index (χ1v) is 9.52. The monoisotopic (exact) mass is 394 g/mol. The Morgan fingerprint density at radius 2 is 1.86 bits per heavy atom. The van der Waals surface area contributed by atoms with Crippen LogP contribution in [0.15, 0.2) is 48.8 Å². The molecule has 2 aromatic heterocycles. The van der Waals surface area contributed by atoms with Gasteiger partial charge in [-0.3, -0.25) is 14.8 Å². The van der Waals surface area contributed by atoms with Crippen molar-refractivity contribution < 1.29 is 9.59 Å². The maximum atomic E-state index is 12.6. The molecule has 3 heterocycles. The number of fused-ring (bicyclic) bond motifs is 1. The predicted molar refractivity (Wildman–Crippen MR) is 109 cm³/mol. The summed E-state index contributed by atoms with van der Waals surface area (Å²) in [7, 11) is 0. The van der Waals surface area contributed by atoms with Crippen LogP contribution in [0.1, 0.15) is 16.1 Å². The number of hydrogen-bond donors (Lipinski definition) is 0. The molecule has 0 unspecified atom stereocenters. The highest BCUT2D eigenvalue weighted by Crippen LogP contribution is 2.35. The molecule has 1 aliphatic rings. The van der Waals surface area contributed by atoms with E-state index < -0.39 is 0 Å². The molecule has 1 aromatic carbocycles. The lowest BCUT2D eigenvalue weighted by atomic mass is 10.0. The smallest absolute Gasteiger partial charge is 0.272 e. The number of nitrogens with zero attached hydrogens (tertiary/aromatic N) is 4. The Hall–Kier alpha value is -2.99. The molecule has 0 saturated carbocycles. The fourth-order valence-electron chi connectivity index (χ4n) is 3.62. The van der Waals surface area contributed by atoms with Gasteiger partial charge in [-0.25, -0.2) is 0 Å². The number of aromatic nitrogens is 2. The number of anilines is 1. The number of carbonyl (C=O) groups excluding carboxylic acids is 2. The summed E-state index contributed by atoms with van der Waals surface area (Å²) in [5.41, 5.74) is 3.03. The predicted octanol–water partition coefficient (Wildman–Crippen LogP) is 2.99. The number of pyridine rings is 2. The maximum absolute atomic E-state index is 12.6. The van der Waals surface area contributed by atoms with E-state index in [2.05, 4.69) is 14.9 Å². The number of amides is 1. The van der Waals surface area contributed by atoms with Crippen molar-refractivity contribution in [2.45, 2.75) is 6.42 Å². The summed E-state index contributed by atoms with van der Waals surface area (Å²) < 4.78 is 0. The number of benzene rings is 1. The Balaban J connectivity index is 1.62. The van der Waals surface area contributed by atoms with Crippen molar-refractivity contribution in [2.24, 2.45) is 0 Å². The Morgan fingerprint density at radius 1 is 1.07 bits per heavy atom. The maximum Gasteiger partial charge on any atom is 0.272 e. The van der Waals surface area contributed by atoms with Gasteiger partial charge >= 0.3 is 0 Å². The third-order valence-electron chi connectivity index (χ3n) is 4.96. The normalized spacial score (nSPS) is 14.3. The van der Waals surface area contributed by atoms with Crippen LogP contribution in [0.2, 0.25) is 5.02 Å². The fraction of sp³-hybridized carbons (Fsp3) is 0.238. The van der Waals surface area contributed by atoms with E-state index in [-0.39, 0.29) is 12.3 Å². The summed E-state index contributed by atoms with van der Waals surface area (Å²) in [5, 5.41) is 1.45. The third kappa shape index (κ3) is 3.43. The van der Waals surface area contributed by atoms with E-state index in [1.807, 2.05) is 29.2 Å². The molecule has 0 aliphatic carbocycles. The lowest BCUT2D eigenvalue weighted by Gasteiger charge is -2.37. The van der Waals surface area contributed by atoms with Gasteiger partial charge in [0.05, 0.1) is 16.2 Å². The van der Waals surface area contributed by atoms with Crippen LogP contribution in [0.3, 0.4) is 0 Å². The van der Waals surface area contributed by atoms with Gasteiger partial charge in [-0.05, 0) is 35.9 Å². The van der Waals surface area contributed by atoms with Crippen molar-refractivity contribution in [3.8, 4) is 0 Å². The second-order valence-corrected chi connectivity index (χ2v) is 7.04. The van der Waals surface area contributed by atoms with E-state index in [9.17, 15) is 9.59 Å². The largest absolute Gasteiger partial charge is 0.366 e. The number of carbonyl (C=O) groups is 2. The van der Waals surface area contributed by atoms with E-state index in [0.717, 1.165) is 28.4 Å². The number of halogens is 1. The summed E-state index contributed by atoms with van der Waals surface area (Å²) in [4.78, 5) is 36.5. The van der Waals surface area contributed by atoms with Gasteiger partial charge < -0.3 is 14.6 Å². The Bertz CT molecular complexity index is 1020. The zero-order valence-electron chi connectivity index (χ0n) is 15.2. The van der Waals surface area contributed by atoms with Crippen molar-refractivity contribution in [3.63, 3.8) is 0 Å². The quantitative estimate of drug-likeness (QED) is 0.636. The Kier molecular flexibility index (Phi) is 5.21. The molecule has 142 valence electrons. The van der Waals surface area contributed by atoms with Crippen LogP contribution in [0, 0.1) is 0 Å². The molecule has 0 spiro atoms. The first-order chi connectivity index (χ1) is 13.7. The highest BCUT2D eigenvalue weighted by Gasteiger charge is 2.26. The molecule has 0 radical (unpaired) electrons. The second kappa shape index (κ2) is 7.94. The van der Waals surface area contributed by atoms with Crippen LogP contribution in [-0.4, -0.2) is 53.2 Å². The van der Waals surface area contributed by atoms with Crippen LogP contribution in [0.25, 0.3) is 10.9 Å². The van der Waals surface area contributed by atoms with Gasteiger partial charge in [0.25, 0.3) is 5.91 Å². The molecule has 1 amide bonds. The zero-order valence-corrected chi connectivity index (χ0v) is 16.0. The summed E-state index contributed by atoms with van der Waals surface area (Å²) in [5.74, 6) is -0.0625. The molecule has 0 N–H and O–H groups in total. The van der Waals surface area contributed by atoms with Gasteiger partial charge in [0, 0.05) is 50.4 Å².